The molecule has 2 aliphatic rings. The fraction of sp³-hybridized carbons (Fsp3) is 0.136. The van der Waals surface area contributed by atoms with E-state index in [-0.39, 0.29) is 5.88 Å². The van der Waals surface area contributed by atoms with Crippen LogP contribution in [0.2, 0.25) is 0 Å². The summed E-state index contributed by atoms with van der Waals surface area (Å²) < 4.78 is 7.03. The van der Waals surface area contributed by atoms with Crippen molar-refractivity contribution < 1.29 is 14.9 Å². The Morgan fingerprint density at radius 1 is 0.640 bits per heavy atom. The third kappa shape index (κ3) is 4.38. The minimum absolute atomic E-state index is 0.0823. The van der Waals surface area contributed by atoms with E-state index >= 15 is 0 Å². The molecular formula is C44H33N3O3. The van der Waals surface area contributed by atoms with E-state index in [1.807, 2.05) is 30.3 Å². The van der Waals surface area contributed by atoms with Crippen molar-refractivity contribution in [2.24, 2.45) is 0 Å². The van der Waals surface area contributed by atoms with E-state index in [1.54, 1.807) is 0 Å². The van der Waals surface area contributed by atoms with Crippen molar-refractivity contribution in [1.29, 1.82) is 0 Å². The molecule has 1 unspecified atom stereocenters. The number of rotatable bonds is 5. The van der Waals surface area contributed by atoms with Crippen LogP contribution in [-0.4, -0.2) is 28.3 Å². The Morgan fingerprint density at radius 2 is 1.36 bits per heavy atom. The minimum Gasteiger partial charge on any atom is -0.473 e. The van der Waals surface area contributed by atoms with Gasteiger partial charge in [0.2, 0.25) is 0 Å². The van der Waals surface area contributed by atoms with Gasteiger partial charge in [0, 0.05) is 41.0 Å². The first-order valence-electron chi connectivity index (χ1n) is 17.3. The molecule has 1 aromatic heterocycles. The molecule has 8 aromatic rings. The molecule has 0 bridgehead atoms. The smallest absolute Gasteiger partial charge is 0.268 e. The van der Waals surface area contributed by atoms with E-state index in [0.29, 0.717) is 22.5 Å². The van der Waals surface area contributed by atoms with Crippen LogP contribution in [0.1, 0.15) is 36.0 Å². The van der Waals surface area contributed by atoms with Crippen molar-refractivity contribution in [2.45, 2.75) is 24.9 Å². The minimum atomic E-state index is -0.856. The number of anilines is 1. The summed E-state index contributed by atoms with van der Waals surface area (Å²) in [6.45, 7) is 2.19. The van der Waals surface area contributed by atoms with Gasteiger partial charge < -0.3 is 14.5 Å². The van der Waals surface area contributed by atoms with Crippen LogP contribution in [0.5, 0.6) is 11.6 Å². The quantitative estimate of drug-likeness (QED) is 0.113. The van der Waals surface area contributed by atoms with Crippen LogP contribution in [0, 0.1) is 0 Å². The lowest BCUT2D eigenvalue weighted by Crippen LogP contribution is -2.34. The molecule has 0 amide bonds. The first-order chi connectivity index (χ1) is 24.7. The summed E-state index contributed by atoms with van der Waals surface area (Å²) in [5.74, 6) is 1.22. The SMILES string of the molecule is OOc1nc(-c2ccc3ccc4cccc5ccc2c3c45)nc2ccc3c(c12)C=CC(c1ccccc1)(c1ccc(N2CCCCC2)cc1)O3. The number of hydrogen-bond donors (Lipinski definition) is 1. The molecule has 1 N–H and O–H groups in total. The van der Waals surface area contributed by atoms with Crippen LogP contribution in [-0.2, 0) is 5.60 Å². The molecule has 3 heterocycles. The summed E-state index contributed by atoms with van der Waals surface area (Å²) in [5, 5.41) is 17.9. The molecule has 242 valence electrons. The van der Waals surface area contributed by atoms with Gasteiger partial charge in [-0.05, 0) is 94.1 Å². The van der Waals surface area contributed by atoms with Crippen LogP contribution < -0.4 is 14.5 Å². The molecule has 0 aliphatic carbocycles. The monoisotopic (exact) mass is 651 g/mol. The van der Waals surface area contributed by atoms with E-state index < -0.39 is 5.60 Å². The number of ether oxygens (including phenoxy) is 1. The van der Waals surface area contributed by atoms with Crippen molar-refractivity contribution in [3.8, 4) is 23.0 Å². The Hall–Kier alpha value is -5.98. The largest absolute Gasteiger partial charge is 0.473 e. The van der Waals surface area contributed by atoms with Crippen LogP contribution in [0.15, 0.2) is 127 Å². The predicted molar refractivity (Wildman–Crippen MR) is 201 cm³/mol. The van der Waals surface area contributed by atoms with E-state index in [4.69, 9.17) is 19.6 Å². The topological polar surface area (TPSA) is 67.7 Å². The normalized spacial score (nSPS) is 17.4. The van der Waals surface area contributed by atoms with Gasteiger partial charge in [0.25, 0.3) is 5.88 Å². The zero-order valence-corrected chi connectivity index (χ0v) is 27.3. The maximum Gasteiger partial charge on any atom is 0.268 e. The third-order valence-corrected chi connectivity index (χ3v) is 10.7. The van der Waals surface area contributed by atoms with E-state index in [0.717, 1.165) is 46.1 Å². The number of hydrogen-bond acceptors (Lipinski definition) is 6. The lowest BCUT2D eigenvalue weighted by Gasteiger charge is -2.37. The molecule has 10 rings (SSSR count). The van der Waals surface area contributed by atoms with E-state index in [2.05, 4.69) is 108 Å². The van der Waals surface area contributed by atoms with Crippen LogP contribution in [0.3, 0.4) is 0 Å². The second-order valence-corrected chi connectivity index (χ2v) is 13.4. The lowest BCUT2D eigenvalue weighted by atomic mass is 9.83. The maximum absolute atomic E-state index is 10.3. The average Bonchev–Trinajstić information content (AvgIpc) is 3.19. The molecule has 1 fully saturated rings. The van der Waals surface area contributed by atoms with Crippen LogP contribution in [0.4, 0.5) is 5.69 Å². The standard InChI is InChI=1S/C44H33N3O3/c48-50-43-41-36-24-25-44(31-10-3-1-4-11-31,32-16-18-33(19-17-32)47-26-5-2-6-27-47)49-38(36)23-22-37(41)45-42(46-43)35-21-15-30-13-12-28-8-7-9-29-14-20-34(35)40(30)39(28)29/h1,3-4,7-25,48H,2,5-6,26-27H2. The first kappa shape index (κ1) is 29.0. The highest BCUT2D eigenvalue weighted by Gasteiger charge is 2.38. The van der Waals surface area contributed by atoms with Gasteiger partial charge in [-0.2, -0.15) is 4.98 Å². The Morgan fingerprint density at radius 3 is 2.14 bits per heavy atom. The molecule has 2 aliphatic heterocycles. The summed E-state index contributed by atoms with van der Waals surface area (Å²) in [6, 6.07) is 42.1. The molecule has 6 nitrogen and oxygen atoms in total. The van der Waals surface area contributed by atoms with Crippen molar-refractivity contribution in [2.75, 3.05) is 18.0 Å². The van der Waals surface area contributed by atoms with Gasteiger partial charge >= 0.3 is 0 Å². The molecule has 6 heteroatoms. The highest BCUT2D eigenvalue weighted by Crippen LogP contribution is 2.46. The van der Waals surface area contributed by atoms with E-state index in [1.165, 1.54) is 46.5 Å². The maximum atomic E-state index is 10.3. The predicted octanol–water partition coefficient (Wildman–Crippen LogP) is 10.4. The lowest BCUT2D eigenvalue weighted by molar-refractivity contribution is -0.140. The Kier molecular flexibility index (Phi) is 6.54. The first-order valence-corrected chi connectivity index (χ1v) is 17.3. The zero-order chi connectivity index (χ0) is 33.2. The number of piperidine rings is 1. The Bertz CT molecular complexity index is 2580. The summed E-state index contributed by atoms with van der Waals surface area (Å²) in [6.07, 6.45) is 7.91. The molecule has 0 radical (unpaired) electrons. The van der Waals surface area contributed by atoms with Gasteiger partial charge in [-0.25, -0.2) is 10.2 Å². The molecule has 1 atom stereocenters. The van der Waals surface area contributed by atoms with E-state index in [9.17, 15) is 5.26 Å². The number of nitrogens with zero attached hydrogens (tertiary/aromatic N) is 3. The summed E-state index contributed by atoms with van der Waals surface area (Å²) >= 11 is 0. The molecule has 0 saturated carbocycles. The van der Waals surface area contributed by atoms with Gasteiger partial charge in [0.05, 0.1) is 10.9 Å². The molecule has 0 spiro atoms. The summed E-state index contributed by atoms with van der Waals surface area (Å²) in [7, 11) is 0. The third-order valence-electron chi connectivity index (χ3n) is 10.7. The van der Waals surface area contributed by atoms with Gasteiger partial charge in [-0.3, -0.25) is 0 Å². The second-order valence-electron chi connectivity index (χ2n) is 13.4. The highest BCUT2D eigenvalue weighted by molar-refractivity contribution is 6.25. The number of benzene rings is 7. The van der Waals surface area contributed by atoms with Gasteiger partial charge in [-0.15, -0.1) is 0 Å². The Labute approximate surface area is 289 Å². The second kappa shape index (κ2) is 11.3. The van der Waals surface area contributed by atoms with Crippen LogP contribution >= 0.6 is 0 Å². The van der Waals surface area contributed by atoms with Crippen molar-refractivity contribution in [3.05, 3.63) is 144 Å². The molecule has 1 saturated heterocycles. The number of aromatic nitrogens is 2. The Balaban J connectivity index is 1.10. The van der Waals surface area contributed by atoms with Gasteiger partial charge in [0.1, 0.15) is 5.75 Å². The average molecular weight is 652 g/mol. The summed E-state index contributed by atoms with van der Waals surface area (Å²) in [5.41, 5.74) is 4.71. The van der Waals surface area contributed by atoms with Crippen LogP contribution in [0.25, 0.3) is 60.7 Å². The summed E-state index contributed by atoms with van der Waals surface area (Å²) in [4.78, 5) is 17.4. The fourth-order valence-electron chi connectivity index (χ4n) is 8.21. The van der Waals surface area contributed by atoms with Crippen molar-refractivity contribution in [3.63, 3.8) is 0 Å². The molecule has 7 aromatic carbocycles. The van der Waals surface area contributed by atoms with Gasteiger partial charge in [0.15, 0.2) is 11.4 Å². The molecular weight excluding hydrogens is 619 g/mol. The fourth-order valence-corrected chi connectivity index (χ4v) is 8.21. The van der Waals surface area contributed by atoms with Crippen molar-refractivity contribution >= 4 is 55.0 Å². The van der Waals surface area contributed by atoms with Gasteiger partial charge in [-0.1, -0.05) is 91.0 Å². The molecule has 50 heavy (non-hydrogen) atoms. The zero-order valence-electron chi connectivity index (χ0n) is 27.3. The van der Waals surface area contributed by atoms with Crippen molar-refractivity contribution in [1.82, 2.24) is 9.97 Å². The highest BCUT2D eigenvalue weighted by atomic mass is 17.1. The number of fused-ring (bicyclic) bond motifs is 3.